The summed E-state index contributed by atoms with van der Waals surface area (Å²) in [6.45, 7) is 14.1. The number of carbonyl (C=O) groups is 4. The van der Waals surface area contributed by atoms with Gasteiger partial charge in [0.2, 0.25) is 0 Å². The lowest BCUT2D eigenvalue weighted by Gasteiger charge is -2.21. The SMILES string of the molecule is CCC(C)CCCCCCCCCCCCCCCCCCCCC(=O)OC[C@H](COP(=O)(O)OC[C@@H](O)COP(=O)(O)OC[C@@H](COC(=O)CCCCCCCCC(C)C)OC(=O)CCCCCCCCC(C)CC)OC(=O)CCCCCCCCCCCCC(C)C. The second-order valence-corrected chi connectivity index (χ2v) is 31.4. The average molecular weight is 1380 g/mol. The number of hydrogen-bond donors (Lipinski definition) is 3. The Morgan fingerprint density at radius 1 is 0.298 bits per heavy atom. The second kappa shape index (κ2) is 64.4. The van der Waals surface area contributed by atoms with Gasteiger partial charge in [-0.15, -0.1) is 0 Å². The lowest BCUT2D eigenvalue weighted by Crippen LogP contribution is -2.30. The number of esters is 4. The van der Waals surface area contributed by atoms with E-state index in [9.17, 15) is 43.2 Å². The van der Waals surface area contributed by atoms with Crippen LogP contribution in [0.15, 0.2) is 0 Å². The molecule has 94 heavy (non-hydrogen) atoms. The molecule has 0 amide bonds. The van der Waals surface area contributed by atoms with Crippen LogP contribution in [0.2, 0.25) is 0 Å². The van der Waals surface area contributed by atoms with Crippen molar-refractivity contribution >= 4 is 39.5 Å². The minimum Gasteiger partial charge on any atom is -0.462 e. The molecule has 0 aromatic carbocycles. The first-order valence-corrected chi connectivity index (χ1v) is 41.8. The van der Waals surface area contributed by atoms with Gasteiger partial charge in [-0.1, -0.05) is 325 Å². The molecule has 4 unspecified atom stereocenters. The molecule has 0 bridgehead atoms. The van der Waals surface area contributed by atoms with Gasteiger partial charge in [0, 0.05) is 25.7 Å². The van der Waals surface area contributed by atoms with Crippen molar-refractivity contribution in [2.24, 2.45) is 23.7 Å². The van der Waals surface area contributed by atoms with E-state index in [1.54, 1.807) is 0 Å². The number of aliphatic hydroxyl groups excluding tert-OH is 1. The Morgan fingerprint density at radius 2 is 0.511 bits per heavy atom. The molecule has 0 aliphatic carbocycles. The fourth-order valence-corrected chi connectivity index (χ4v) is 12.9. The first-order valence-electron chi connectivity index (χ1n) is 38.8. The summed E-state index contributed by atoms with van der Waals surface area (Å²) in [5.74, 6) is 0.896. The fraction of sp³-hybridized carbons (Fsp3) is 0.947. The van der Waals surface area contributed by atoms with Crippen LogP contribution in [0.4, 0.5) is 0 Å². The minimum atomic E-state index is -4.96. The Labute approximate surface area is 575 Å². The highest BCUT2D eigenvalue weighted by Crippen LogP contribution is 2.45. The van der Waals surface area contributed by atoms with Crippen LogP contribution in [0.5, 0.6) is 0 Å². The van der Waals surface area contributed by atoms with Gasteiger partial charge in [0.05, 0.1) is 26.4 Å². The van der Waals surface area contributed by atoms with Gasteiger partial charge in [-0.05, 0) is 49.4 Å². The van der Waals surface area contributed by atoms with Crippen LogP contribution in [-0.2, 0) is 65.4 Å². The van der Waals surface area contributed by atoms with E-state index in [1.165, 1.54) is 173 Å². The topological polar surface area (TPSA) is 237 Å². The van der Waals surface area contributed by atoms with Crippen LogP contribution >= 0.6 is 15.6 Å². The van der Waals surface area contributed by atoms with Crippen LogP contribution in [0, 0.1) is 23.7 Å². The normalized spacial score (nSPS) is 14.7. The van der Waals surface area contributed by atoms with Gasteiger partial charge in [0.25, 0.3) is 0 Å². The van der Waals surface area contributed by atoms with E-state index in [4.69, 9.17) is 37.0 Å². The van der Waals surface area contributed by atoms with Crippen molar-refractivity contribution in [2.45, 2.75) is 395 Å². The monoisotopic (exact) mass is 1380 g/mol. The number of rotatable bonds is 72. The summed E-state index contributed by atoms with van der Waals surface area (Å²) >= 11 is 0. The minimum absolute atomic E-state index is 0.102. The molecular formula is C75H146O17P2. The highest BCUT2D eigenvalue weighted by molar-refractivity contribution is 7.47. The van der Waals surface area contributed by atoms with Gasteiger partial charge < -0.3 is 33.8 Å². The highest BCUT2D eigenvalue weighted by Gasteiger charge is 2.30. The van der Waals surface area contributed by atoms with Gasteiger partial charge in [-0.2, -0.15) is 0 Å². The molecule has 0 aliphatic rings. The third-order valence-corrected chi connectivity index (χ3v) is 19.9. The maximum absolute atomic E-state index is 13.1. The zero-order valence-electron chi connectivity index (χ0n) is 61.6. The third kappa shape index (κ3) is 66.0. The zero-order chi connectivity index (χ0) is 69.6. The summed E-state index contributed by atoms with van der Waals surface area (Å²) in [7, 11) is -9.91. The van der Waals surface area contributed by atoms with E-state index < -0.39 is 97.5 Å². The molecule has 0 aromatic heterocycles. The van der Waals surface area contributed by atoms with Gasteiger partial charge in [-0.25, -0.2) is 9.13 Å². The fourth-order valence-electron chi connectivity index (χ4n) is 11.3. The Bertz CT molecular complexity index is 1850. The molecule has 0 aromatic rings. The van der Waals surface area contributed by atoms with Crippen LogP contribution in [0.3, 0.4) is 0 Å². The van der Waals surface area contributed by atoms with E-state index in [2.05, 4.69) is 55.4 Å². The molecule has 3 N–H and O–H groups in total. The quantitative estimate of drug-likeness (QED) is 0.0222. The van der Waals surface area contributed by atoms with Crippen LogP contribution < -0.4 is 0 Å². The molecule has 0 fully saturated rings. The number of hydrogen-bond acceptors (Lipinski definition) is 15. The molecule has 0 rings (SSSR count). The zero-order valence-corrected chi connectivity index (χ0v) is 63.4. The van der Waals surface area contributed by atoms with Crippen molar-refractivity contribution in [2.75, 3.05) is 39.6 Å². The van der Waals surface area contributed by atoms with E-state index in [0.717, 1.165) is 114 Å². The van der Waals surface area contributed by atoms with Crippen LogP contribution in [-0.4, -0.2) is 96.7 Å². The number of unbranched alkanes of at least 4 members (excludes halogenated alkanes) is 36. The number of phosphoric ester groups is 2. The van der Waals surface area contributed by atoms with Gasteiger partial charge >= 0.3 is 39.5 Å². The summed E-state index contributed by atoms with van der Waals surface area (Å²) in [5.41, 5.74) is 0. The molecule has 0 radical (unpaired) electrons. The number of aliphatic hydroxyl groups is 1. The van der Waals surface area contributed by atoms with Gasteiger partial charge in [0.15, 0.2) is 12.2 Å². The first kappa shape index (κ1) is 92.1. The summed E-state index contributed by atoms with van der Waals surface area (Å²) in [5, 5.41) is 10.6. The summed E-state index contributed by atoms with van der Waals surface area (Å²) in [6.07, 6.45) is 48.9. The van der Waals surface area contributed by atoms with Crippen molar-refractivity contribution < 1.29 is 80.2 Å². The van der Waals surface area contributed by atoms with Crippen molar-refractivity contribution in [3.05, 3.63) is 0 Å². The summed E-state index contributed by atoms with van der Waals surface area (Å²) in [6, 6.07) is 0. The van der Waals surface area contributed by atoms with Crippen molar-refractivity contribution in [3.8, 4) is 0 Å². The maximum atomic E-state index is 13.1. The lowest BCUT2D eigenvalue weighted by atomic mass is 9.99. The molecular weight excluding hydrogens is 1230 g/mol. The molecule has 0 heterocycles. The van der Waals surface area contributed by atoms with Crippen molar-refractivity contribution in [1.82, 2.24) is 0 Å². The van der Waals surface area contributed by atoms with Crippen LogP contribution in [0.25, 0.3) is 0 Å². The Morgan fingerprint density at radius 3 is 0.755 bits per heavy atom. The molecule has 0 saturated heterocycles. The Kier molecular flexibility index (Phi) is 63.1. The molecule has 17 nitrogen and oxygen atoms in total. The van der Waals surface area contributed by atoms with Gasteiger partial charge in [0.1, 0.15) is 19.3 Å². The van der Waals surface area contributed by atoms with Gasteiger partial charge in [-0.3, -0.25) is 37.3 Å². The van der Waals surface area contributed by atoms with Crippen molar-refractivity contribution in [1.29, 1.82) is 0 Å². The summed E-state index contributed by atoms with van der Waals surface area (Å²) < 4.78 is 68.4. The predicted octanol–water partition coefficient (Wildman–Crippen LogP) is 21.7. The highest BCUT2D eigenvalue weighted by atomic mass is 31.2. The van der Waals surface area contributed by atoms with Crippen molar-refractivity contribution in [3.63, 3.8) is 0 Å². The molecule has 19 heteroatoms. The second-order valence-electron chi connectivity index (χ2n) is 28.5. The molecule has 7 atom stereocenters. The lowest BCUT2D eigenvalue weighted by molar-refractivity contribution is -0.161. The standard InChI is InChI=1S/C75H146O17P2/c1-9-67(7)53-45-37-28-24-19-17-15-13-11-12-14-16-18-20-25-29-39-47-55-72(77)85-61-70(91-74(79)57-49-41-30-26-22-21-23-27-35-43-51-65(3)4)63-89-93(81,82)87-59-69(76)60-88-94(83,84)90-64-71(62-86-73(78)56-48-40-33-31-36-44-52-66(5)6)92-75(80)58-50-42-34-32-38-46-54-68(8)10-2/h65-71,76H,9-64H2,1-8H3,(H,81,82)(H,83,84)/t67?,68?,69-,70-,71-/m1/s1. The smallest absolute Gasteiger partial charge is 0.462 e. The maximum Gasteiger partial charge on any atom is 0.472 e. The first-order chi connectivity index (χ1) is 45.2. The molecule has 0 aliphatic heterocycles. The molecule has 558 valence electrons. The number of ether oxygens (including phenoxy) is 4. The van der Waals surface area contributed by atoms with E-state index >= 15 is 0 Å². The number of carbonyl (C=O) groups excluding carboxylic acids is 4. The summed E-state index contributed by atoms with van der Waals surface area (Å²) in [4.78, 5) is 72.6. The Balaban J connectivity index is 5.15. The molecule has 0 spiro atoms. The third-order valence-electron chi connectivity index (χ3n) is 18.0. The van der Waals surface area contributed by atoms with E-state index in [1.807, 2.05) is 0 Å². The number of phosphoric acid groups is 2. The van der Waals surface area contributed by atoms with E-state index in [-0.39, 0.29) is 25.7 Å². The predicted molar refractivity (Wildman–Crippen MR) is 381 cm³/mol. The largest absolute Gasteiger partial charge is 0.472 e. The Hall–Kier alpha value is -1.94. The van der Waals surface area contributed by atoms with E-state index in [0.29, 0.717) is 31.6 Å². The average Bonchev–Trinajstić information content (AvgIpc) is 2.68. The molecule has 0 saturated carbocycles. The van der Waals surface area contributed by atoms with Crippen LogP contribution in [0.1, 0.15) is 376 Å².